The van der Waals surface area contributed by atoms with Crippen molar-refractivity contribution in [3.8, 4) is 0 Å². The van der Waals surface area contributed by atoms with Crippen LogP contribution < -0.4 is 0 Å². The van der Waals surface area contributed by atoms with E-state index in [1.54, 1.807) is 0 Å². The molecule has 0 unspecified atom stereocenters. The van der Waals surface area contributed by atoms with Gasteiger partial charge in [0.1, 0.15) is 0 Å². The van der Waals surface area contributed by atoms with Crippen molar-refractivity contribution in [3.05, 3.63) is 35.9 Å². The Morgan fingerprint density at radius 1 is 1.12 bits per heavy atom. The summed E-state index contributed by atoms with van der Waals surface area (Å²) in [7, 11) is 0. The van der Waals surface area contributed by atoms with Crippen LogP contribution in [0.1, 0.15) is 32.8 Å². The van der Waals surface area contributed by atoms with Crippen LogP contribution in [0.5, 0.6) is 0 Å². The van der Waals surface area contributed by atoms with Gasteiger partial charge in [0.05, 0.1) is 13.2 Å². The fraction of sp³-hybridized carbons (Fsp3) is 0.571. The molecule has 0 N–H and O–H groups in total. The second-order valence-electron chi connectivity index (χ2n) is 5.26. The van der Waals surface area contributed by atoms with E-state index in [1.165, 1.54) is 5.56 Å². The largest absolute Gasteiger partial charge is 0.348 e. The van der Waals surface area contributed by atoms with E-state index in [2.05, 4.69) is 38.1 Å². The van der Waals surface area contributed by atoms with Crippen molar-refractivity contribution in [3.63, 3.8) is 0 Å². The van der Waals surface area contributed by atoms with Gasteiger partial charge in [-0.25, -0.2) is 0 Å². The van der Waals surface area contributed by atoms with Crippen molar-refractivity contribution in [2.45, 2.75) is 38.4 Å². The molecule has 1 aromatic rings. The van der Waals surface area contributed by atoms with Gasteiger partial charge in [0.2, 0.25) is 0 Å². The van der Waals surface area contributed by atoms with Crippen molar-refractivity contribution in [2.24, 2.45) is 0 Å². The van der Waals surface area contributed by atoms with E-state index in [-0.39, 0.29) is 5.41 Å². The molecule has 0 spiro atoms. The lowest BCUT2D eigenvalue weighted by atomic mass is 9.79. The van der Waals surface area contributed by atoms with Crippen molar-refractivity contribution in [1.82, 2.24) is 0 Å². The molecule has 0 aromatic heterocycles. The summed E-state index contributed by atoms with van der Waals surface area (Å²) in [4.78, 5) is 0. The van der Waals surface area contributed by atoms with Crippen LogP contribution in [0.15, 0.2) is 30.3 Å². The number of ether oxygens (including phenoxy) is 2. The zero-order valence-electron chi connectivity index (χ0n) is 10.3. The highest BCUT2D eigenvalue weighted by molar-refractivity contribution is 5.23. The average Bonchev–Trinajstić information content (AvgIpc) is 2.65. The molecule has 1 aliphatic heterocycles. The van der Waals surface area contributed by atoms with E-state index >= 15 is 0 Å². The summed E-state index contributed by atoms with van der Waals surface area (Å²) in [6.45, 7) is 7.92. The maximum absolute atomic E-state index is 5.68. The van der Waals surface area contributed by atoms with E-state index in [0.717, 1.165) is 6.42 Å². The Labute approximate surface area is 97.6 Å². The first-order chi connectivity index (χ1) is 7.52. The smallest absolute Gasteiger partial charge is 0.166 e. The third kappa shape index (κ3) is 2.45. The van der Waals surface area contributed by atoms with Gasteiger partial charge in [0.15, 0.2) is 5.79 Å². The van der Waals surface area contributed by atoms with Gasteiger partial charge in [-0.2, -0.15) is 0 Å². The second-order valence-corrected chi connectivity index (χ2v) is 5.26. The minimum atomic E-state index is -0.417. The predicted molar refractivity (Wildman–Crippen MR) is 64.4 cm³/mol. The summed E-state index contributed by atoms with van der Waals surface area (Å²) in [5.74, 6) is -0.417. The standard InChI is InChI=1S/C14H20O2/c1-13(2,12-7-5-4-6-8-12)11-14(3)15-9-10-16-14/h4-8H,9-11H2,1-3H3. The first-order valence-electron chi connectivity index (χ1n) is 5.85. The average molecular weight is 220 g/mol. The highest BCUT2D eigenvalue weighted by atomic mass is 16.7. The molecule has 16 heavy (non-hydrogen) atoms. The molecule has 1 heterocycles. The maximum atomic E-state index is 5.68. The third-order valence-electron chi connectivity index (χ3n) is 3.22. The molecule has 2 rings (SSSR count). The Hall–Kier alpha value is -0.860. The van der Waals surface area contributed by atoms with E-state index in [1.807, 2.05) is 13.0 Å². The zero-order valence-corrected chi connectivity index (χ0v) is 10.3. The number of hydrogen-bond acceptors (Lipinski definition) is 2. The van der Waals surface area contributed by atoms with Crippen LogP contribution in [0.25, 0.3) is 0 Å². The van der Waals surface area contributed by atoms with E-state index in [4.69, 9.17) is 9.47 Å². The quantitative estimate of drug-likeness (QED) is 0.779. The molecule has 2 heteroatoms. The number of hydrogen-bond donors (Lipinski definition) is 0. The molecule has 0 amide bonds. The summed E-state index contributed by atoms with van der Waals surface area (Å²) in [6, 6.07) is 10.5. The first kappa shape index (κ1) is 11.6. The summed E-state index contributed by atoms with van der Waals surface area (Å²) in [5, 5.41) is 0. The summed E-state index contributed by atoms with van der Waals surface area (Å²) < 4.78 is 11.4. The maximum Gasteiger partial charge on any atom is 0.166 e. The molecule has 1 fully saturated rings. The zero-order chi connectivity index (χ0) is 11.6. The molecule has 0 atom stereocenters. The van der Waals surface area contributed by atoms with Crippen LogP contribution in [0.4, 0.5) is 0 Å². The van der Waals surface area contributed by atoms with Crippen molar-refractivity contribution >= 4 is 0 Å². The molecule has 1 aliphatic rings. The molecule has 0 saturated carbocycles. The van der Waals surface area contributed by atoms with Gasteiger partial charge < -0.3 is 9.47 Å². The number of benzene rings is 1. The molecule has 0 bridgehead atoms. The highest BCUT2D eigenvalue weighted by Crippen LogP contribution is 2.36. The lowest BCUT2D eigenvalue weighted by molar-refractivity contribution is -0.156. The molecular formula is C14H20O2. The molecular weight excluding hydrogens is 200 g/mol. The van der Waals surface area contributed by atoms with Gasteiger partial charge >= 0.3 is 0 Å². The molecule has 2 nitrogen and oxygen atoms in total. The van der Waals surface area contributed by atoms with Crippen molar-refractivity contribution in [1.29, 1.82) is 0 Å². The fourth-order valence-corrected chi connectivity index (χ4v) is 2.45. The Balaban J connectivity index is 2.13. The van der Waals surface area contributed by atoms with E-state index < -0.39 is 5.79 Å². The lowest BCUT2D eigenvalue weighted by Crippen LogP contribution is -2.34. The Bertz CT molecular complexity index is 337. The summed E-state index contributed by atoms with van der Waals surface area (Å²) in [5.41, 5.74) is 1.40. The van der Waals surface area contributed by atoms with Gasteiger partial charge in [-0.1, -0.05) is 44.2 Å². The molecule has 88 valence electrons. The van der Waals surface area contributed by atoms with Gasteiger partial charge in [-0.3, -0.25) is 0 Å². The van der Waals surface area contributed by atoms with Crippen LogP contribution in [-0.4, -0.2) is 19.0 Å². The van der Waals surface area contributed by atoms with Crippen LogP contribution in [-0.2, 0) is 14.9 Å². The molecule has 1 saturated heterocycles. The predicted octanol–water partition coefficient (Wildman–Crippen LogP) is 3.12. The minimum absolute atomic E-state index is 0.0698. The first-order valence-corrected chi connectivity index (χ1v) is 5.85. The van der Waals surface area contributed by atoms with Gasteiger partial charge in [-0.15, -0.1) is 0 Å². The van der Waals surface area contributed by atoms with Gasteiger partial charge in [0.25, 0.3) is 0 Å². The van der Waals surface area contributed by atoms with Crippen molar-refractivity contribution < 1.29 is 9.47 Å². The summed E-state index contributed by atoms with van der Waals surface area (Å²) >= 11 is 0. The van der Waals surface area contributed by atoms with Crippen LogP contribution >= 0.6 is 0 Å². The topological polar surface area (TPSA) is 18.5 Å². The van der Waals surface area contributed by atoms with E-state index in [9.17, 15) is 0 Å². The van der Waals surface area contributed by atoms with Crippen LogP contribution in [0, 0.1) is 0 Å². The minimum Gasteiger partial charge on any atom is -0.348 e. The Morgan fingerprint density at radius 2 is 1.69 bits per heavy atom. The number of rotatable bonds is 3. The van der Waals surface area contributed by atoms with Crippen molar-refractivity contribution in [2.75, 3.05) is 13.2 Å². The molecule has 0 aliphatic carbocycles. The van der Waals surface area contributed by atoms with Crippen LogP contribution in [0.2, 0.25) is 0 Å². The third-order valence-corrected chi connectivity index (χ3v) is 3.22. The monoisotopic (exact) mass is 220 g/mol. The van der Waals surface area contributed by atoms with Gasteiger partial charge in [-0.05, 0) is 17.9 Å². The molecule has 1 aromatic carbocycles. The van der Waals surface area contributed by atoms with Crippen LogP contribution in [0.3, 0.4) is 0 Å². The lowest BCUT2D eigenvalue weighted by Gasteiger charge is -2.33. The Morgan fingerprint density at radius 3 is 2.25 bits per heavy atom. The Kier molecular flexibility index (Phi) is 3.04. The summed E-state index contributed by atoms with van der Waals surface area (Å²) in [6.07, 6.45) is 0.879. The van der Waals surface area contributed by atoms with Gasteiger partial charge in [0, 0.05) is 6.42 Å². The molecule has 0 radical (unpaired) electrons. The fourth-order valence-electron chi connectivity index (χ4n) is 2.45. The second kappa shape index (κ2) is 4.19. The normalized spacial score (nSPS) is 19.9. The van der Waals surface area contributed by atoms with E-state index in [0.29, 0.717) is 13.2 Å². The highest BCUT2D eigenvalue weighted by Gasteiger charge is 2.37. The SMILES string of the molecule is CC1(CC(C)(C)c2ccccc2)OCCO1.